The molecule has 0 aliphatic heterocycles. The van der Waals surface area contributed by atoms with Crippen LogP contribution in [0.15, 0.2) is 18.3 Å². The minimum Gasteiger partial charge on any atom is -0.370 e. The highest BCUT2D eigenvalue weighted by Crippen LogP contribution is 2.10. The molecule has 0 unspecified atom stereocenters. The molecule has 3 heteroatoms. The fourth-order valence-electron chi connectivity index (χ4n) is 1.97. The molecule has 0 radical (unpaired) electrons. The van der Waals surface area contributed by atoms with Crippen LogP contribution in [0, 0.1) is 11.8 Å². The Bertz CT molecular complexity index is 328. The molecule has 0 fully saturated rings. The highest BCUT2D eigenvalue weighted by atomic mass is 15.0. The van der Waals surface area contributed by atoms with E-state index in [0.29, 0.717) is 5.92 Å². The minimum absolute atomic E-state index is 0.689. The molecular weight excluding hydrogens is 234 g/mol. The zero-order valence-corrected chi connectivity index (χ0v) is 12.9. The number of pyridine rings is 1. The molecule has 1 heterocycles. The van der Waals surface area contributed by atoms with E-state index in [1.165, 1.54) is 18.4 Å². The molecule has 0 atom stereocenters. The van der Waals surface area contributed by atoms with Gasteiger partial charge in [0.1, 0.15) is 5.82 Å². The van der Waals surface area contributed by atoms with E-state index in [-0.39, 0.29) is 0 Å². The van der Waals surface area contributed by atoms with Crippen LogP contribution >= 0.6 is 0 Å². The summed E-state index contributed by atoms with van der Waals surface area (Å²) in [5.41, 5.74) is 1.24. The van der Waals surface area contributed by atoms with Crippen molar-refractivity contribution in [3.63, 3.8) is 0 Å². The minimum atomic E-state index is 0.689. The van der Waals surface area contributed by atoms with Gasteiger partial charge in [-0.15, -0.1) is 0 Å². The summed E-state index contributed by atoms with van der Waals surface area (Å²) >= 11 is 0. The van der Waals surface area contributed by atoms with Gasteiger partial charge < -0.3 is 10.6 Å². The van der Waals surface area contributed by atoms with Crippen LogP contribution in [0.3, 0.4) is 0 Å². The molecule has 1 aromatic rings. The molecule has 0 saturated heterocycles. The average Bonchev–Trinajstić information content (AvgIpc) is 2.41. The molecule has 2 N–H and O–H groups in total. The molecule has 0 amide bonds. The van der Waals surface area contributed by atoms with Crippen molar-refractivity contribution in [1.82, 2.24) is 10.3 Å². The Hall–Kier alpha value is -1.09. The van der Waals surface area contributed by atoms with Gasteiger partial charge in [-0.1, -0.05) is 46.6 Å². The third-order valence-corrected chi connectivity index (χ3v) is 3.43. The van der Waals surface area contributed by atoms with E-state index in [1.807, 2.05) is 6.20 Å². The number of rotatable bonds is 9. The van der Waals surface area contributed by atoms with Crippen molar-refractivity contribution >= 4 is 5.82 Å². The second-order valence-electron chi connectivity index (χ2n) is 5.64. The second kappa shape index (κ2) is 8.92. The molecule has 108 valence electrons. The number of anilines is 1. The summed E-state index contributed by atoms with van der Waals surface area (Å²) in [5, 5.41) is 6.85. The van der Waals surface area contributed by atoms with Crippen molar-refractivity contribution in [2.24, 2.45) is 11.8 Å². The van der Waals surface area contributed by atoms with Gasteiger partial charge in [0.2, 0.25) is 0 Å². The summed E-state index contributed by atoms with van der Waals surface area (Å²) in [7, 11) is 0. The van der Waals surface area contributed by atoms with Crippen LogP contribution in [0.5, 0.6) is 0 Å². The van der Waals surface area contributed by atoms with Gasteiger partial charge in [-0.05, 0) is 30.0 Å². The summed E-state index contributed by atoms with van der Waals surface area (Å²) in [6.45, 7) is 11.9. The van der Waals surface area contributed by atoms with Crippen LogP contribution in [-0.4, -0.2) is 18.1 Å². The predicted octanol–water partition coefficient (Wildman–Crippen LogP) is 3.68. The molecule has 1 rings (SSSR count). The fraction of sp³-hybridized carbons (Fsp3) is 0.688. The third-order valence-electron chi connectivity index (χ3n) is 3.43. The first-order chi connectivity index (χ1) is 9.15. The van der Waals surface area contributed by atoms with Crippen molar-refractivity contribution in [2.75, 3.05) is 18.4 Å². The Labute approximate surface area is 118 Å². The van der Waals surface area contributed by atoms with E-state index >= 15 is 0 Å². The van der Waals surface area contributed by atoms with Gasteiger partial charge in [0, 0.05) is 19.3 Å². The van der Waals surface area contributed by atoms with E-state index in [2.05, 4.69) is 55.4 Å². The Morgan fingerprint density at radius 1 is 1.11 bits per heavy atom. The Morgan fingerprint density at radius 3 is 2.37 bits per heavy atom. The van der Waals surface area contributed by atoms with Crippen LogP contribution in [-0.2, 0) is 6.54 Å². The van der Waals surface area contributed by atoms with Gasteiger partial charge >= 0.3 is 0 Å². The Kier molecular flexibility index (Phi) is 7.49. The highest BCUT2D eigenvalue weighted by Gasteiger charge is 2.03. The monoisotopic (exact) mass is 263 g/mol. The summed E-state index contributed by atoms with van der Waals surface area (Å²) in [5.74, 6) is 2.42. The molecule has 0 aliphatic carbocycles. The predicted molar refractivity (Wildman–Crippen MR) is 83.3 cm³/mol. The molecule has 1 aromatic heterocycles. The number of aromatic nitrogens is 1. The van der Waals surface area contributed by atoms with E-state index in [9.17, 15) is 0 Å². The zero-order chi connectivity index (χ0) is 14.1. The molecule has 0 saturated carbocycles. The molecule has 0 aromatic carbocycles. The maximum absolute atomic E-state index is 4.47. The lowest BCUT2D eigenvalue weighted by Gasteiger charge is -2.14. The number of hydrogen-bond donors (Lipinski definition) is 2. The summed E-state index contributed by atoms with van der Waals surface area (Å²) < 4.78 is 0. The first-order valence-corrected chi connectivity index (χ1v) is 7.55. The number of nitrogens with zero attached hydrogens (tertiary/aromatic N) is 1. The fourth-order valence-corrected chi connectivity index (χ4v) is 1.97. The zero-order valence-electron chi connectivity index (χ0n) is 12.9. The van der Waals surface area contributed by atoms with Gasteiger partial charge in [-0.3, -0.25) is 0 Å². The lowest BCUT2D eigenvalue weighted by atomic mass is 10.0. The highest BCUT2D eigenvalue weighted by molar-refractivity contribution is 5.35. The van der Waals surface area contributed by atoms with Gasteiger partial charge in [-0.25, -0.2) is 4.98 Å². The maximum Gasteiger partial charge on any atom is 0.125 e. The molecule has 19 heavy (non-hydrogen) atoms. The Morgan fingerprint density at radius 2 is 1.84 bits per heavy atom. The van der Waals surface area contributed by atoms with E-state index < -0.39 is 0 Å². The van der Waals surface area contributed by atoms with Crippen LogP contribution in [0.25, 0.3) is 0 Å². The normalized spacial score (nSPS) is 11.3. The van der Waals surface area contributed by atoms with E-state index in [1.54, 1.807) is 0 Å². The Balaban J connectivity index is 2.34. The van der Waals surface area contributed by atoms with E-state index in [0.717, 1.165) is 31.4 Å². The first-order valence-electron chi connectivity index (χ1n) is 7.55. The number of hydrogen-bond acceptors (Lipinski definition) is 3. The summed E-state index contributed by atoms with van der Waals surface area (Å²) in [6.07, 6.45) is 4.41. The maximum atomic E-state index is 4.47. The molecule has 0 bridgehead atoms. The SMILES string of the molecule is CCC(CC)CNc1ccc(CNCC(C)C)cn1. The second-order valence-corrected chi connectivity index (χ2v) is 5.64. The molecule has 3 nitrogen and oxygen atoms in total. The van der Waals surface area contributed by atoms with Crippen molar-refractivity contribution in [3.8, 4) is 0 Å². The van der Waals surface area contributed by atoms with Crippen molar-refractivity contribution in [1.29, 1.82) is 0 Å². The van der Waals surface area contributed by atoms with Crippen LogP contribution in [0.1, 0.15) is 46.1 Å². The smallest absolute Gasteiger partial charge is 0.125 e. The van der Waals surface area contributed by atoms with Crippen LogP contribution < -0.4 is 10.6 Å². The average molecular weight is 263 g/mol. The quantitative estimate of drug-likeness (QED) is 0.713. The van der Waals surface area contributed by atoms with Crippen LogP contribution in [0.4, 0.5) is 5.82 Å². The lowest BCUT2D eigenvalue weighted by molar-refractivity contribution is 0.518. The standard InChI is InChI=1S/C16H29N3/c1-5-14(6-2)11-18-16-8-7-15(12-19-16)10-17-9-13(3)4/h7-8,12-14,17H,5-6,9-11H2,1-4H3,(H,18,19). The summed E-state index contributed by atoms with van der Waals surface area (Å²) in [6, 6.07) is 4.23. The van der Waals surface area contributed by atoms with E-state index in [4.69, 9.17) is 0 Å². The van der Waals surface area contributed by atoms with Gasteiger partial charge in [0.25, 0.3) is 0 Å². The summed E-state index contributed by atoms with van der Waals surface area (Å²) in [4.78, 5) is 4.47. The van der Waals surface area contributed by atoms with Crippen LogP contribution in [0.2, 0.25) is 0 Å². The van der Waals surface area contributed by atoms with Gasteiger partial charge in [0.05, 0.1) is 0 Å². The largest absolute Gasteiger partial charge is 0.370 e. The lowest BCUT2D eigenvalue weighted by Crippen LogP contribution is -2.19. The number of nitrogens with one attached hydrogen (secondary N) is 2. The third kappa shape index (κ3) is 6.58. The van der Waals surface area contributed by atoms with Gasteiger partial charge in [-0.2, -0.15) is 0 Å². The topological polar surface area (TPSA) is 37.0 Å². The van der Waals surface area contributed by atoms with Crippen molar-refractivity contribution in [3.05, 3.63) is 23.9 Å². The van der Waals surface area contributed by atoms with Gasteiger partial charge in [0.15, 0.2) is 0 Å². The molecule has 0 aliphatic rings. The first kappa shape index (κ1) is 16.0. The molecule has 0 spiro atoms. The molecular formula is C16H29N3. The van der Waals surface area contributed by atoms with Crippen molar-refractivity contribution < 1.29 is 0 Å². The van der Waals surface area contributed by atoms with Crippen molar-refractivity contribution in [2.45, 2.75) is 47.1 Å².